The van der Waals surface area contributed by atoms with Crippen molar-refractivity contribution in [2.24, 2.45) is 5.10 Å². The van der Waals surface area contributed by atoms with Crippen molar-refractivity contribution in [3.63, 3.8) is 0 Å². The largest absolute Gasteiger partial charge is 0.490 e. The van der Waals surface area contributed by atoms with Crippen LogP contribution in [0.5, 0.6) is 5.75 Å². The first-order valence-corrected chi connectivity index (χ1v) is 5.26. The van der Waals surface area contributed by atoms with Gasteiger partial charge >= 0.3 is 6.09 Å². The number of carbonyl (C=O) groups excluding carboxylic acids is 1. The van der Waals surface area contributed by atoms with Gasteiger partial charge in [-0.3, -0.25) is 0 Å². The average molecular weight is 236 g/mol. The zero-order chi connectivity index (χ0) is 12.7. The predicted molar refractivity (Wildman–Crippen MR) is 65.3 cm³/mol. The number of methoxy groups -OCH3 is 1. The van der Waals surface area contributed by atoms with Gasteiger partial charge in [0.25, 0.3) is 0 Å². The minimum absolute atomic E-state index is 0.0816. The second-order valence-electron chi connectivity index (χ2n) is 3.57. The summed E-state index contributed by atoms with van der Waals surface area (Å²) in [5, 5.41) is 3.75. The molecule has 5 heteroatoms. The lowest BCUT2D eigenvalue weighted by Crippen LogP contribution is -2.17. The monoisotopic (exact) mass is 236 g/mol. The number of nitrogens with one attached hydrogen (secondary N) is 1. The smallest absolute Gasteiger partial charge is 0.427 e. The van der Waals surface area contributed by atoms with E-state index in [4.69, 9.17) is 4.74 Å². The number of carbonyl (C=O) groups is 1. The molecule has 1 rings (SSSR count). The summed E-state index contributed by atoms with van der Waals surface area (Å²) < 4.78 is 9.98. The molecule has 0 aromatic heterocycles. The van der Waals surface area contributed by atoms with E-state index in [2.05, 4.69) is 15.3 Å². The highest BCUT2D eigenvalue weighted by Crippen LogP contribution is 2.17. The van der Waals surface area contributed by atoms with E-state index < -0.39 is 6.09 Å². The van der Waals surface area contributed by atoms with Crippen LogP contribution in [0.15, 0.2) is 29.4 Å². The molecule has 0 fully saturated rings. The van der Waals surface area contributed by atoms with Gasteiger partial charge in [0.2, 0.25) is 0 Å². The van der Waals surface area contributed by atoms with Crippen LogP contribution < -0.4 is 10.2 Å². The molecule has 0 spiro atoms. The highest BCUT2D eigenvalue weighted by atomic mass is 16.5. The van der Waals surface area contributed by atoms with Crippen LogP contribution in [-0.4, -0.2) is 25.5 Å². The number of benzene rings is 1. The van der Waals surface area contributed by atoms with Crippen molar-refractivity contribution in [2.45, 2.75) is 20.0 Å². The lowest BCUT2D eigenvalue weighted by atomic mass is 10.2. The maximum atomic E-state index is 10.8. The molecule has 92 valence electrons. The van der Waals surface area contributed by atoms with Gasteiger partial charge in [-0.2, -0.15) is 5.10 Å². The summed E-state index contributed by atoms with van der Waals surface area (Å²) in [4.78, 5) is 10.8. The fourth-order valence-corrected chi connectivity index (χ4v) is 1.15. The van der Waals surface area contributed by atoms with Gasteiger partial charge in [0, 0.05) is 5.56 Å². The first-order chi connectivity index (χ1) is 8.13. The number of hydrazone groups is 1. The molecule has 5 nitrogen and oxygen atoms in total. The third-order valence-corrected chi connectivity index (χ3v) is 1.83. The third kappa shape index (κ3) is 4.55. The molecule has 0 radical (unpaired) electrons. The molecule has 0 saturated carbocycles. The zero-order valence-electron chi connectivity index (χ0n) is 10.1. The Balaban J connectivity index is 2.72. The van der Waals surface area contributed by atoms with Gasteiger partial charge < -0.3 is 9.47 Å². The Morgan fingerprint density at radius 3 is 2.76 bits per heavy atom. The van der Waals surface area contributed by atoms with E-state index in [1.807, 2.05) is 38.1 Å². The van der Waals surface area contributed by atoms with E-state index in [0.717, 1.165) is 11.3 Å². The molecule has 0 atom stereocenters. The number of amides is 1. The summed E-state index contributed by atoms with van der Waals surface area (Å²) in [5.74, 6) is 0.720. The lowest BCUT2D eigenvalue weighted by Gasteiger charge is -2.11. The zero-order valence-corrected chi connectivity index (χ0v) is 10.1. The fourth-order valence-electron chi connectivity index (χ4n) is 1.15. The predicted octanol–water partition coefficient (Wildman–Crippen LogP) is 2.16. The van der Waals surface area contributed by atoms with Gasteiger partial charge in [-0.05, 0) is 26.0 Å². The molecule has 1 N–H and O–H groups in total. The summed E-state index contributed by atoms with van der Waals surface area (Å²) in [6, 6.07) is 7.44. The van der Waals surface area contributed by atoms with E-state index in [-0.39, 0.29) is 6.10 Å². The molecular weight excluding hydrogens is 220 g/mol. The van der Waals surface area contributed by atoms with Crippen LogP contribution in [0.3, 0.4) is 0 Å². The van der Waals surface area contributed by atoms with Crippen LogP contribution in [0.2, 0.25) is 0 Å². The Kier molecular flexibility index (Phi) is 5.00. The normalized spacial score (nSPS) is 10.6. The average Bonchev–Trinajstić information content (AvgIpc) is 2.30. The van der Waals surface area contributed by atoms with Crippen molar-refractivity contribution < 1.29 is 14.3 Å². The topological polar surface area (TPSA) is 59.9 Å². The summed E-state index contributed by atoms with van der Waals surface area (Å²) in [7, 11) is 1.28. The number of hydrogen-bond donors (Lipinski definition) is 1. The summed E-state index contributed by atoms with van der Waals surface area (Å²) >= 11 is 0. The Morgan fingerprint density at radius 1 is 1.41 bits per heavy atom. The number of nitrogens with zero attached hydrogens (tertiary/aromatic N) is 1. The van der Waals surface area contributed by atoms with Crippen LogP contribution in [-0.2, 0) is 4.74 Å². The molecule has 0 bridgehead atoms. The Bertz CT molecular complexity index is 402. The summed E-state index contributed by atoms with van der Waals surface area (Å²) in [5.41, 5.74) is 3.00. The van der Waals surface area contributed by atoms with Gasteiger partial charge in [-0.1, -0.05) is 12.1 Å². The number of rotatable bonds is 4. The first-order valence-electron chi connectivity index (χ1n) is 5.26. The van der Waals surface area contributed by atoms with Gasteiger partial charge in [0.05, 0.1) is 19.4 Å². The van der Waals surface area contributed by atoms with Gasteiger partial charge in [-0.15, -0.1) is 0 Å². The first kappa shape index (κ1) is 13.0. The molecule has 1 amide bonds. The SMILES string of the molecule is COC(=O)N/N=C\c1ccccc1OC(C)C. The van der Waals surface area contributed by atoms with Crippen LogP contribution in [0, 0.1) is 0 Å². The molecule has 17 heavy (non-hydrogen) atoms. The molecule has 0 aliphatic carbocycles. The standard InChI is InChI=1S/C12H16N2O3/c1-9(2)17-11-7-5-4-6-10(11)8-13-14-12(15)16-3/h4-9H,1-3H3,(H,14,15)/b13-8-. The third-order valence-electron chi connectivity index (χ3n) is 1.83. The van der Waals surface area contributed by atoms with E-state index >= 15 is 0 Å². The molecule has 0 aliphatic heterocycles. The van der Waals surface area contributed by atoms with Gasteiger partial charge in [-0.25, -0.2) is 10.2 Å². The van der Waals surface area contributed by atoms with Crippen molar-refractivity contribution in [2.75, 3.05) is 7.11 Å². The maximum absolute atomic E-state index is 10.8. The number of hydrogen-bond acceptors (Lipinski definition) is 4. The highest BCUT2D eigenvalue weighted by molar-refractivity contribution is 5.84. The molecule has 0 heterocycles. The Hall–Kier alpha value is -2.04. The molecule has 0 aliphatic rings. The van der Waals surface area contributed by atoms with E-state index in [1.165, 1.54) is 13.3 Å². The minimum atomic E-state index is -0.608. The van der Waals surface area contributed by atoms with Gasteiger partial charge in [0.15, 0.2) is 0 Å². The summed E-state index contributed by atoms with van der Waals surface area (Å²) in [6.45, 7) is 3.89. The van der Waals surface area contributed by atoms with Crippen molar-refractivity contribution in [3.05, 3.63) is 29.8 Å². The second-order valence-corrected chi connectivity index (χ2v) is 3.57. The van der Waals surface area contributed by atoms with Crippen LogP contribution in [0.4, 0.5) is 4.79 Å². The second kappa shape index (κ2) is 6.52. The summed E-state index contributed by atoms with van der Waals surface area (Å²) in [6.07, 6.45) is 0.982. The highest BCUT2D eigenvalue weighted by Gasteiger charge is 2.02. The van der Waals surface area contributed by atoms with Crippen LogP contribution >= 0.6 is 0 Å². The molecule has 1 aromatic rings. The molecule has 0 saturated heterocycles. The Morgan fingerprint density at radius 2 is 2.12 bits per heavy atom. The van der Waals surface area contributed by atoms with E-state index in [9.17, 15) is 4.79 Å². The number of para-hydroxylation sites is 1. The van der Waals surface area contributed by atoms with Crippen LogP contribution in [0.25, 0.3) is 0 Å². The maximum Gasteiger partial charge on any atom is 0.427 e. The number of ether oxygens (including phenoxy) is 2. The van der Waals surface area contributed by atoms with Crippen molar-refractivity contribution in [1.82, 2.24) is 5.43 Å². The Labute approximate surface area is 100 Å². The lowest BCUT2D eigenvalue weighted by molar-refractivity contribution is 0.171. The minimum Gasteiger partial charge on any atom is -0.490 e. The molecular formula is C12H16N2O3. The fraction of sp³-hybridized carbons (Fsp3) is 0.333. The van der Waals surface area contributed by atoms with E-state index in [0.29, 0.717) is 0 Å². The molecule has 0 unspecified atom stereocenters. The molecule has 1 aromatic carbocycles. The van der Waals surface area contributed by atoms with Crippen molar-refractivity contribution in [3.8, 4) is 5.75 Å². The van der Waals surface area contributed by atoms with Gasteiger partial charge in [0.1, 0.15) is 5.75 Å². The quantitative estimate of drug-likeness (QED) is 0.643. The van der Waals surface area contributed by atoms with E-state index in [1.54, 1.807) is 0 Å². The van der Waals surface area contributed by atoms with Crippen LogP contribution in [0.1, 0.15) is 19.4 Å². The van der Waals surface area contributed by atoms with Crippen molar-refractivity contribution in [1.29, 1.82) is 0 Å². The van der Waals surface area contributed by atoms with Crippen molar-refractivity contribution >= 4 is 12.3 Å².